The van der Waals surface area contributed by atoms with Crippen molar-refractivity contribution in [3.63, 3.8) is 0 Å². The first kappa shape index (κ1) is 22.0. The van der Waals surface area contributed by atoms with Crippen LogP contribution in [-0.2, 0) is 11.3 Å². The number of carbonyl (C=O) groups excluding carboxylic acids is 1. The Morgan fingerprint density at radius 3 is 2.59 bits per heavy atom. The summed E-state index contributed by atoms with van der Waals surface area (Å²) < 4.78 is 39.2. The summed E-state index contributed by atoms with van der Waals surface area (Å²) in [6.45, 7) is 1.44. The number of rotatable bonds is 7. The van der Waals surface area contributed by atoms with Gasteiger partial charge in [0.05, 0.1) is 24.4 Å². The van der Waals surface area contributed by atoms with E-state index < -0.39 is 6.43 Å². The molecule has 6 nitrogen and oxygen atoms in total. The third-order valence-electron chi connectivity index (χ3n) is 5.58. The molecule has 0 saturated carbocycles. The highest BCUT2D eigenvalue weighted by Gasteiger charge is 2.24. The number of benzene rings is 2. The minimum absolute atomic E-state index is 0.0694. The molecule has 1 saturated heterocycles. The quantitative estimate of drug-likeness (QED) is 0.573. The maximum Gasteiger partial charge on any atom is 0.280 e. The van der Waals surface area contributed by atoms with E-state index in [9.17, 15) is 13.6 Å². The first-order valence-electron chi connectivity index (χ1n) is 10.5. The number of amides is 1. The highest BCUT2D eigenvalue weighted by atomic mass is 19.3. The van der Waals surface area contributed by atoms with E-state index in [1.165, 1.54) is 17.9 Å². The zero-order valence-electron chi connectivity index (χ0n) is 17.8. The molecule has 1 aliphatic rings. The van der Waals surface area contributed by atoms with Crippen LogP contribution in [-0.4, -0.2) is 36.0 Å². The minimum Gasteiger partial charge on any atom is -0.496 e. The van der Waals surface area contributed by atoms with Crippen molar-refractivity contribution >= 4 is 5.91 Å². The van der Waals surface area contributed by atoms with Gasteiger partial charge in [-0.3, -0.25) is 9.48 Å². The van der Waals surface area contributed by atoms with Crippen LogP contribution >= 0.6 is 0 Å². The number of aromatic nitrogens is 2. The fourth-order valence-corrected chi connectivity index (χ4v) is 3.84. The van der Waals surface area contributed by atoms with Crippen molar-refractivity contribution in [2.75, 3.05) is 20.3 Å². The van der Waals surface area contributed by atoms with Crippen LogP contribution in [0.4, 0.5) is 8.78 Å². The molecular formula is C24H25F2N3O3. The van der Waals surface area contributed by atoms with Crippen molar-refractivity contribution in [2.45, 2.75) is 31.9 Å². The van der Waals surface area contributed by atoms with Crippen LogP contribution in [0.5, 0.6) is 5.75 Å². The predicted molar refractivity (Wildman–Crippen MR) is 116 cm³/mol. The number of halogens is 2. The summed E-state index contributed by atoms with van der Waals surface area (Å²) in [5.74, 6) is 0.276. The monoisotopic (exact) mass is 441 g/mol. The number of hydrogen-bond donors (Lipinski definition) is 1. The van der Waals surface area contributed by atoms with Gasteiger partial charge in [0.1, 0.15) is 11.4 Å². The zero-order chi connectivity index (χ0) is 22.5. The molecule has 0 bridgehead atoms. The molecule has 32 heavy (non-hydrogen) atoms. The number of hydrogen-bond acceptors (Lipinski definition) is 4. The largest absolute Gasteiger partial charge is 0.496 e. The second kappa shape index (κ2) is 9.91. The Morgan fingerprint density at radius 2 is 1.91 bits per heavy atom. The molecule has 1 aliphatic heterocycles. The molecule has 0 radical (unpaired) electrons. The van der Waals surface area contributed by atoms with Crippen LogP contribution in [0.15, 0.2) is 54.6 Å². The lowest BCUT2D eigenvalue weighted by molar-refractivity contribution is 0.0595. The molecule has 1 fully saturated rings. The van der Waals surface area contributed by atoms with Crippen LogP contribution < -0.4 is 10.1 Å². The topological polar surface area (TPSA) is 65.4 Å². The Balaban J connectivity index is 1.46. The first-order chi connectivity index (χ1) is 15.6. The van der Waals surface area contributed by atoms with Gasteiger partial charge in [0.25, 0.3) is 12.3 Å². The van der Waals surface area contributed by atoms with E-state index in [0.717, 1.165) is 11.1 Å². The number of nitrogens with zero attached hydrogens (tertiary/aromatic N) is 2. The normalized spacial score (nSPS) is 14.5. The van der Waals surface area contributed by atoms with Crippen LogP contribution in [0.3, 0.4) is 0 Å². The summed E-state index contributed by atoms with van der Waals surface area (Å²) >= 11 is 0. The highest BCUT2D eigenvalue weighted by molar-refractivity contribution is 5.96. The summed E-state index contributed by atoms with van der Waals surface area (Å²) in [5, 5.41) is 7.36. The average molecular weight is 441 g/mol. The van der Waals surface area contributed by atoms with Gasteiger partial charge in [-0.2, -0.15) is 5.10 Å². The lowest BCUT2D eigenvalue weighted by Crippen LogP contribution is -2.23. The predicted octanol–water partition coefficient (Wildman–Crippen LogP) is 4.78. The number of methoxy groups -OCH3 is 1. The maximum absolute atomic E-state index is 13.6. The van der Waals surface area contributed by atoms with Crippen molar-refractivity contribution in [1.82, 2.24) is 15.1 Å². The smallest absolute Gasteiger partial charge is 0.280 e. The second-order valence-corrected chi connectivity index (χ2v) is 7.62. The maximum atomic E-state index is 13.6. The molecule has 1 N–H and O–H groups in total. The van der Waals surface area contributed by atoms with Crippen molar-refractivity contribution in [1.29, 1.82) is 0 Å². The van der Waals surface area contributed by atoms with Crippen molar-refractivity contribution in [2.24, 2.45) is 0 Å². The fourth-order valence-electron chi connectivity index (χ4n) is 3.84. The molecular weight excluding hydrogens is 416 g/mol. The zero-order valence-corrected chi connectivity index (χ0v) is 17.8. The number of alkyl halides is 2. The summed E-state index contributed by atoms with van der Waals surface area (Å²) in [6.07, 6.45) is -1.25. The molecule has 1 aromatic heterocycles. The Hall–Kier alpha value is -3.26. The van der Waals surface area contributed by atoms with E-state index in [-0.39, 0.29) is 17.6 Å². The molecule has 168 valence electrons. The highest BCUT2D eigenvalue weighted by Crippen LogP contribution is 2.31. The Bertz CT molecular complexity index is 1060. The average Bonchev–Trinajstić information content (AvgIpc) is 3.29. The molecule has 0 atom stereocenters. The molecule has 8 heteroatoms. The third kappa shape index (κ3) is 4.80. The van der Waals surface area contributed by atoms with Gasteiger partial charge in [0.2, 0.25) is 0 Å². The van der Waals surface area contributed by atoms with Gasteiger partial charge in [0.15, 0.2) is 0 Å². The van der Waals surface area contributed by atoms with E-state index in [2.05, 4.69) is 10.4 Å². The lowest BCUT2D eigenvalue weighted by atomic mass is 10.1. The molecule has 2 heterocycles. The van der Waals surface area contributed by atoms with Crippen molar-refractivity contribution in [3.05, 3.63) is 71.4 Å². The van der Waals surface area contributed by atoms with Crippen LogP contribution in [0.1, 0.15) is 46.9 Å². The van der Waals surface area contributed by atoms with Gasteiger partial charge in [-0.15, -0.1) is 0 Å². The standard InChI is InChI=1S/C24H25F2N3O3/c1-31-22-5-3-2-4-19(22)24(30)27-15-16-6-8-17(9-7-16)20-14-21(23(25)26)29(28-20)18-10-12-32-13-11-18/h2-9,14,18,23H,10-13,15H2,1H3,(H,27,30). The third-order valence-corrected chi connectivity index (χ3v) is 5.58. The van der Waals surface area contributed by atoms with Gasteiger partial charge in [0, 0.05) is 25.3 Å². The van der Waals surface area contributed by atoms with Crippen molar-refractivity contribution < 1.29 is 23.0 Å². The summed E-state index contributed by atoms with van der Waals surface area (Å²) in [4.78, 5) is 12.5. The number of carbonyl (C=O) groups is 1. The first-order valence-corrected chi connectivity index (χ1v) is 10.5. The van der Waals surface area contributed by atoms with Crippen LogP contribution in [0.2, 0.25) is 0 Å². The molecule has 1 amide bonds. The van der Waals surface area contributed by atoms with Gasteiger partial charge in [-0.1, -0.05) is 36.4 Å². The van der Waals surface area contributed by atoms with Gasteiger partial charge >= 0.3 is 0 Å². The number of para-hydroxylation sites is 1. The Kier molecular flexibility index (Phi) is 6.80. The van der Waals surface area contributed by atoms with Crippen molar-refractivity contribution in [3.8, 4) is 17.0 Å². The molecule has 2 aromatic carbocycles. The van der Waals surface area contributed by atoms with Gasteiger partial charge < -0.3 is 14.8 Å². The molecule has 0 spiro atoms. The van der Waals surface area contributed by atoms with E-state index >= 15 is 0 Å². The lowest BCUT2D eigenvalue weighted by Gasteiger charge is -2.24. The molecule has 4 rings (SSSR count). The SMILES string of the molecule is COc1ccccc1C(=O)NCc1ccc(-c2cc(C(F)F)n(C3CCOCC3)n2)cc1. The van der Waals surface area contributed by atoms with E-state index in [1.54, 1.807) is 24.3 Å². The fraction of sp³-hybridized carbons (Fsp3) is 0.333. The summed E-state index contributed by atoms with van der Waals surface area (Å²) in [5.41, 5.74) is 2.54. The molecule has 0 unspecified atom stereocenters. The van der Waals surface area contributed by atoms with Crippen LogP contribution in [0, 0.1) is 0 Å². The van der Waals surface area contributed by atoms with Gasteiger partial charge in [-0.25, -0.2) is 8.78 Å². The minimum atomic E-state index is -2.59. The van der Waals surface area contributed by atoms with E-state index in [4.69, 9.17) is 9.47 Å². The Labute approximate surface area is 185 Å². The Morgan fingerprint density at radius 1 is 1.19 bits per heavy atom. The van der Waals surface area contributed by atoms with Gasteiger partial charge in [-0.05, 0) is 36.6 Å². The number of ether oxygens (including phenoxy) is 2. The summed E-state index contributed by atoms with van der Waals surface area (Å²) in [7, 11) is 1.52. The second-order valence-electron chi connectivity index (χ2n) is 7.62. The summed E-state index contributed by atoms with van der Waals surface area (Å²) in [6, 6.07) is 15.8. The van der Waals surface area contributed by atoms with Crippen LogP contribution in [0.25, 0.3) is 11.3 Å². The van der Waals surface area contributed by atoms with E-state index in [1.807, 2.05) is 24.3 Å². The molecule has 3 aromatic rings. The number of nitrogens with one attached hydrogen (secondary N) is 1. The molecule has 0 aliphatic carbocycles. The van der Waals surface area contributed by atoms with E-state index in [0.29, 0.717) is 49.6 Å².